The van der Waals surface area contributed by atoms with Crippen molar-refractivity contribution in [2.45, 2.75) is 33.1 Å². The predicted molar refractivity (Wildman–Crippen MR) is 84.3 cm³/mol. The van der Waals surface area contributed by atoms with Gasteiger partial charge in [0.15, 0.2) is 0 Å². The highest BCUT2D eigenvalue weighted by atomic mass is 16.5. The van der Waals surface area contributed by atoms with E-state index in [2.05, 4.69) is 40.8 Å². The Labute approximate surface area is 127 Å². The predicted octanol–water partition coefficient (Wildman–Crippen LogP) is 1.38. The summed E-state index contributed by atoms with van der Waals surface area (Å²) in [5.74, 6) is 2.78. The largest absolute Gasteiger partial charge is 0.337 e. The number of likely N-dealkylation sites (N-methyl/N-ethyl adjacent to an activating group) is 1. The first kappa shape index (κ1) is 16.2. The zero-order valence-electron chi connectivity index (χ0n) is 13.6. The zero-order chi connectivity index (χ0) is 15.2. The molecule has 1 aromatic heterocycles. The maximum atomic E-state index is 5.69. The van der Waals surface area contributed by atoms with Crippen molar-refractivity contribution in [1.82, 2.24) is 15.0 Å². The van der Waals surface area contributed by atoms with Crippen LogP contribution in [-0.2, 0) is 6.42 Å². The second kappa shape index (κ2) is 7.75. The molecule has 1 saturated heterocycles. The topological polar surface area (TPSA) is 71.4 Å². The van der Waals surface area contributed by atoms with Crippen LogP contribution in [0, 0.1) is 11.8 Å². The molecule has 0 spiro atoms. The molecule has 2 rings (SSSR count). The lowest BCUT2D eigenvalue weighted by atomic mass is 9.88. The molecule has 6 nitrogen and oxygen atoms in total. The van der Waals surface area contributed by atoms with E-state index < -0.39 is 0 Å². The second-order valence-corrected chi connectivity index (χ2v) is 6.40. The lowest BCUT2D eigenvalue weighted by Gasteiger charge is -2.31. The van der Waals surface area contributed by atoms with Crippen molar-refractivity contribution in [3.63, 3.8) is 0 Å². The Hall–Kier alpha value is -1.14. The summed E-state index contributed by atoms with van der Waals surface area (Å²) in [6.07, 6.45) is 2.99. The molecule has 0 saturated carbocycles. The van der Waals surface area contributed by atoms with E-state index >= 15 is 0 Å². The van der Waals surface area contributed by atoms with Crippen LogP contribution in [0.15, 0.2) is 4.52 Å². The van der Waals surface area contributed by atoms with Crippen LogP contribution in [0.3, 0.4) is 0 Å². The van der Waals surface area contributed by atoms with Crippen molar-refractivity contribution >= 4 is 5.95 Å². The average Bonchev–Trinajstić information content (AvgIpc) is 2.92. The van der Waals surface area contributed by atoms with Gasteiger partial charge in [-0.2, -0.15) is 4.98 Å². The smallest absolute Gasteiger partial charge is 0.266 e. The van der Waals surface area contributed by atoms with Gasteiger partial charge in [-0.25, -0.2) is 0 Å². The number of aromatic nitrogens is 2. The van der Waals surface area contributed by atoms with E-state index in [-0.39, 0.29) is 0 Å². The minimum Gasteiger partial charge on any atom is -0.337 e. The molecule has 1 aromatic rings. The molecule has 1 aliphatic heterocycles. The summed E-state index contributed by atoms with van der Waals surface area (Å²) in [5.41, 5.74) is 5.69. The van der Waals surface area contributed by atoms with E-state index in [4.69, 9.17) is 10.3 Å². The van der Waals surface area contributed by atoms with Crippen LogP contribution in [0.5, 0.6) is 0 Å². The van der Waals surface area contributed by atoms with Gasteiger partial charge in [0.2, 0.25) is 5.89 Å². The molecule has 120 valence electrons. The van der Waals surface area contributed by atoms with E-state index in [0.29, 0.717) is 11.8 Å². The Morgan fingerprint density at radius 3 is 2.52 bits per heavy atom. The van der Waals surface area contributed by atoms with Gasteiger partial charge in [-0.3, -0.25) is 0 Å². The minimum atomic E-state index is 0.633. The molecule has 0 amide bonds. The summed E-state index contributed by atoms with van der Waals surface area (Å²) < 4.78 is 5.41. The van der Waals surface area contributed by atoms with Crippen molar-refractivity contribution in [2.75, 3.05) is 44.7 Å². The summed E-state index contributed by atoms with van der Waals surface area (Å²) in [6.45, 7) is 9.30. The summed E-state index contributed by atoms with van der Waals surface area (Å²) >= 11 is 0. The molecular weight excluding hydrogens is 266 g/mol. The van der Waals surface area contributed by atoms with E-state index in [1.807, 2.05) is 0 Å². The van der Waals surface area contributed by atoms with Crippen LogP contribution in [0.2, 0.25) is 0 Å². The fraction of sp³-hybridized carbons (Fsp3) is 0.867. The van der Waals surface area contributed by atoms with Crippen molar-refractivity contribution in [1.29, 1.82) is 0 Å². The van der Waals surface area contributed by atoms with Crippen molar-refractivity contribution in [3.8, 4) is 0 Å². The molecule has 2 heterocycles. The van der Waals surface area contributed by atoms with Gasteiger partial charge in [0.1, 0.15) is 0 Å². The maximum absolute atomic E-state index is 5.69. The van der Waals surface area contributed by atoms with Crippen LogP contribution in [-0.4, -0.2) is 54.8 Å². The lowest BCUT2D eigenvalue weighted by Crippen LogP contribution is -2.44. The molecule has 0 aromatic carbocycles. The summed E-state index contributed by atoms with van der Waals surface area (Å²) in [6, 6.07) is 0. The Bertz CT molecular complexity index is 412. The number of piperazine rings is 1. The maximum Gasteiger partial charge on any atom is 0.266 e. The Morgan fingerprint density at radius 1 is 1.19 bits per heavy atom. The van der Waals surface area contributed by atoms with E-state index in [1.165, 1.54) is 0 Å². The SMILES string of the molecule is CC(C)C(CCN)CCc1nc(N2CCN(C)CC2)no1. The number of aryl methyl sites for hydroxylation is 1. The van der Waals surface area contributed by atoms with Gasteiger partial charge in [-0.05, 0) is 43.4 Å². The number of anilines is 1. The van der Waals surface area contributed by atoms with Crippen LogP contribution < -0.4 is 10.6 Å². The van der Waals surface area contributed by atoms with E-state index in [0.717, 1.165) is 63.8 Å². The fourth-order valence-electron chi connectivity index (χ4n) is 2.82. The molecule has 0 bridgehead atoms. The number of nitrogens with two attached hydrogens (primary N) is 1. The molecule has 0 radical (unpaired) electrons. The first-order chi connectivity index (χ1) is 10.1. The Morgan fingerprint density at radius 2 is 1.90 bits per heavy atom. The third-order valence-electron chi connectivity index (χ3n) is 4.45. The van der Waals surface area contributed by atoms with E-state index in [1.54, 1.807) is 0 Å². The van der Waals surface area contributed by atoms with Crippen LogP contribution >= 0.6 is 0 Å². The summed E-state index contributed by atoms with van der Waals surface area (Å²) in [7, 11) is 2.14. The highest BCUT2D eigenvalue weighted by molar-refractivity contribution is 5.28. The van der Waals surface area contributed by atoms with Gasteiger partial charge in [-0.15, -0.1) is 0 Å². The summed E-state index contributed by atoms with van der Waals surface area (Å²) in [4.78, 5) is 9.07. The Kier molecular flexibility index (Phi) is 5.99. The standard InChI is InChI=1S/C15H29N5O/c1-12(2)13(6-7-16)4-5-14-17-15(18-21-14)20-10-8-19(3)9-11-20/h12-13H,4-11,16H2,1-3H3. The average molecular weight is 295 g/mol. The molecule has 1 fully saturated rings. The highest BCUT2D eigenvalue weighted by Gasteiger charge is 2.20. The lowest BCUT2D eigenvalue weighted by molar-refractivity contribution is 0.305. The van der Waals surface area contributed by atoms with Gasteiger partial charge in [0.05, 0.1) is 0 Å². The monoisotopic (exact) mass is 295 g/mol. The van der Waals surface area contributed by atoms with Crippen LogP contribution in [0.4, 0.5) is 5.95 Å². The number of hydrogen-bond donors (Lipinski definition) is 1. The molecule has 2 N–H and O–H groups in total. The normalized spacial score (nSPS) is 18.4. The van der Waals surface area contributed by atoms with Gasteiger partial charge in [-0.1, -0.05) is 13.8 Å². The quantitative estimate of drug-likeness (QED) is 0.819. The van der Waals surface area contributed by atoms with Crippen LogP contribution in [0.25, 0.3) is 0 Å². The first-order valence-corrected chi connectivity index (χ1v) is 8.06. The van der Waals surface area contributed by atoms with E-state index in [9.17, 15) is 0 Å². The van der Waals surface area contributed by atoms with Crippen LogP contribution in [0.1, 0.15) is 32.6 Å². The third kappa shape index (κ3) is 4.68. The van der Waals surface area contributed by atoms with Gasteiger partial charge < -0.3 is 20.1 Å². The fourth-order valence-corrected chi connectivity index (χ4v) is 2.82. The number of nitrogens with zero attached hydrogens (tertiary/aromatic N) is 4. The number of hydrogen-bond acceptors (Lipinski definition) is 6. The van der Waals surface area contributed by atoms with Gasteiger partial charge >= 0.3 is 0 Å². The minimum absolute atomic E-state index is 0.633. The molecule has 6 heteroatoms. The van der Waals surface area contributed by atoms with Gasteiger partial charge in [0.25, 0.3) is 5.95 Å². The molecule has 0 aliphatic carbocycles. The number of rotatable bonds is 7. The van der Waals surface area contributed by atoms with Gasteiger partial charge in [0, 0.05) is 32.6 Å². The third-order valence-corrected chi connectivity index (χ3v) is 4.45. The Balaban J connectivity index is 1.85. The van der Waals surface area contributed by atoms with Crippen molar-refractivity contribution in [2.24, 2.45) is 17.6 Å². The summed E-state index contributed by atoms with van der Waals surface area (Å²) in [5, 5.41) is 4.13. The first-order valence-electron chi connectivity index (χ1n) is 8.06. The second-order valence-electron chi connectivity index (χ2n) is 6.40. The van der Waals surface area contributed by atoms with Crippen molar-refractivity contribution in [3.05, 3.63) is 5.89 Å². The zero-order valence-corrected chi connectivity index (χ0v) is 13.6. The molecule has 1 unspecified atom stereocenters. The van der Waals surface area contributed by atoms with Crippen molar-refractivity contribution < 1.29 is 4.52 Å². The molecule has 1 aliphatic rings. The molecule has 21 heavy (non-hydrogen) atoms. The molecular formula is C15H29N5O. The molecule has 1 atom stereocenters. The highest BCUT2D eigenvalue weighted by Crippen LogP contribution is 2.21.